The Bertz CT molecular complexity index is 979. The standard InChI is InChI=1S/C25H25NO3/c1-25(2,17-11-13-18(27)14-12-17)16-26-24(28)29-15-23-21-9-5-3-7-19(21)20-8-4-6-10-22(20)23/h3-14,23,27H,15-16H2,1-2H3,(H,26,28). The molecule has 0 aliphatic heterocycles. The molecule has 1 aliphatic carbocycles. The lowest BCUT2D eigenvalue weighted by molar-refractivity contribution is 0.141. The molecule has 0 unspecified atom stereocenters. The first-order valence-electron chi connectivity index (χ1n) is 9.84. The van der Waals surface area contributed by atoms with Gasteiger partial charge in [0.15, 0.2) is 0 Å². The van der Waals surface area contributed by atoms with E-state index in [1.807, 2.05) is 50.2 Å². The Morgan fingerprint density at radius 3 is 2.07 bits per heavy atom. The molecule has 2 N–H and O–H groups in total. The highest BCUT2D eigenvalue weighted by atomic mass is 16.5. The van der Waals surface area contributed by atoms with E-state index in [4.69, 9.17) is 4.74 Å². The molecule has 0 saturated carbocycles. The van der Waals surface area contributed by atoms with Crippen molar-refractivity contribution in [3.8, 4) is 16.9 Å². The number of hydrogen-bond acceptors (Lipinski definition) is 3. The summed E-state index contributed by atoms with van der Waals surface area (Å²) >= 11 is 0. The minimum atomic E-state index is -0.418. The monoisotopic (exact) mass is 387 g/mol. The van der Waals surface area contributed by atoms with Gasteiger partial charge in [0, 0.05) is 17.9 Å². The van der Waals surface area contributed by atoms with E-state index in [9.17, 15) is 9.90 Å². The lowest BCUT2D eigenvalue weighted by Crippen LogP contribution is -2.37. The average Bonchev–Trinajstić information content (AvgIpc) is 3.05. The van der Waals surface area contributed by atoms with Gasteiger partial charge >= 0.3 is 6.09 Å². The molecule has 148 valence electrons. The molecule has 0 spiro atoms. The largest absolute Gasteiger partial charge is 0.508 e. The lowest BCUT2D eigenvalue weighted by atomic mass is 9.84. The summed E-state index contributed by atoms with van der Waals surface area (Å²) in [5.74, 6) is 0.285. The summed E-state index contributed by atoms with van der Waals surface area (Å²) in [4.78, 5) is 12.4. The van der Waals surface area contributed by atoms with E-state index in [1.165, 1.54) is 22.3 Å². The third-order valence-electron chi connectivity index (χ3n) is 5.67. The van der Waals surface area contributed by atoms with Crippen LogP contribution in [0.3, 0.4) is 0 Å². The third-order valence-corrected chi connectivity index (χ3v) is 5.67. The van der Waals surface area contributed by atoms with Gasteiger partial charge in [-0.2, -0.15) is 0 Å². The number of phenolic OH excluding ortho intramolecular Hbond substituents is 1. The number of ether oxygens (including phenoxy) is 1. The summed E-state index contributed by atoms with van der Waals surface area (Å²) in [6, 6.07) is 23.6. The zero-order chi connectivity index (χ0) is 20.4. The third kappa shape index (κ3) is 3.83. The van der Waals surface area contributed by atoms with Crippen molar-refractivity contribution >= 4 is 6.09 Å². The van der Waals surface area contributed by atoms with Crippen LogP contribution in [0.25, 0.3) is 11.1 Å². The van der Waals surface area contributed by atoms with Gasteiger partial charge in [0.25, 0.3) is 0 Å². The van der Waals surface area contributed by atoms with Crippen LogP contribution >= 0.6 is 0 Å². The summed E-state index contributed by atoms with van der Waals surface area (Å²) in [6.07, 6.45) is -0.418. The zero-order valence-electron chi connectivity index (χ0n) is 16.7. The predicted octanol–water partition coefficient (Wildman–Crippen LogP) is 5.21. The van der Waals surface area contributed by atoms with E-state index in [1.54, 1.807) is 12.1 Å². The van der Waals surface area contributed by atoms with E-state index in [-0.39, 0.29) is 17.1 Å². The Balaban J connectivity index is 1.39. The fourth-order valence-electron chi connectivity index (χ4n) is 3.96. The Morgan fingerprint density at radius 1 is 0.931 bits per heavy atom. The van der Waals surface area contributed by atoms with E-state index in [0.29, 0.717) is 13.2 Å². The fraction of sp³-hybridized carbons (Fsp3) is 0.240. The van der Waals surface area contributed by atoms with Crippen LogP contribution in [-0.4, -0.2) is 24.4 Å². The zero-order valence-corrected chi connectivity index (χ0v) is 16.7. The normalized spacial score (nSPS) is 12.9. The van der Waals surface area contributed by atoms with Gasteiger partial charge in [-0.05, 0) is 39.9 Å². The molecule has 3 aromatic rings. The van der Waals surface area contributed by atoms with Crippen molar-refractivity contribution in [2.24, 2.45) is 0 Å². The van der Waals surface area contributed by atoms with Crippen molar-refractivity contribution in [1.82, 2.24) is 5.32 Å². The van der Waals surface area contributed by atoms with E-state index >= 15 is 0 Å². The summed E-state index contributed by atoms with van der Waals surface area (Å²) in [5, 5.41) is 12.3. The smallest absolute Gasteiger partial charge is 0.407 e. The van der Waals surface area contributed by atoms with Crippen LogP contribution in [-0.2, 0) is 10.2 Å². The lowest BCUT2D eigenvalue weighted by Gasteiger charge is -2.25. The van der Waals surface area contributed by atoms with Crippen LogP contribution in [0, 0.1) is 0 Å². The molecule has 0 radical (unpaired) electrons. The van der Waals surface area contributed by atoms with Crippen LogP contribution in [0.15, 0.2) is 72.8 Å². The Labute approximate surface area is 171 Å². The Hall–Kier alpha value is -3.27. The minimum Gasteiger partial charge on any atom is -0.508 e. The molecule has 0 aromatic heterocycles. The SMILES string of the molecule is CC(C)(CNC(=O)OCC1c2ccccc2-c2ccccc21)c1ccc(O)cc1. The van der Waals surface area contributed by atoms with E-state index < -0.39 is 6.09 Å². The molecule has 4 heteroatoms. The molecule has 0 fully saturated rings. The maximum atomic E-state index is 12.4. The maximum Gasteiger partial charge on any atom is 0.407 e. The number of fused-ring (bicyclic) bond motifs is 3. The molecule has 4 rings (SSSR count). The van der Waals surface area contributed by atoms with Gasteiger partial charge in [-0.25, -0.2) is 4.79 Å². The molecule has 3 aromatic carbocycles. The van der Waals surface area contributed by atoms with Crippen molar-refractivity contribution < 1.29 is 14.6 Å². The van der Waals surface area contributed by atoms with Gasteiger partial charge in [-0.3, -0.25) is 0 Å². The molecule has 0 atom stereocenters. The van der Waals surface area contributed by atoms with Crippen molar-refractivity contribution in [2.45, 2.75) is 25.2 Å². The maximum absolute atomic E-state index is 12.4. The number of hydrogen-bond donors (Lipinski definition) is 2. The highest BCUT2D eigenvalue weighted by Crippen LogP contribution is 2.44. The number of alkyl carbamates (subject to hydrolysis) is 1. The van der Waals surface area contributed by atoms with E-state index in [2.05, 4.69) is 29.6 Å². The van der Waals surface area contributed by atoms with Crippen LogP contribution in [0.1, 0.15) is 36.5 Å². The number of aromatic hydroxyl groups is 1. The van der Waals surface area contributed by atoms with Gasteiger partial charge in [-0.15, -0.1) is 0 Å². The van der Waals surface area contributed by atoms with Gasteiger partial charge < -0.3 is 15.2 Å². The van der Waals surface area contributed by atoms with Crippen molar-refractivity contribution in [3.05, 3.63) is 89.5 Å². The predicted molar refractivity (Wildman–Crippen MR) is 114 cm³/mol. The summed E-state index contributed by atoms with van der Waals surface area (Å²) in [6.45, 7) is 4.83. The van der Waals surface area contributed by atoms with Crippen LogP contribution in [0.4, 0.5) is 4.79 Å². The van der Waals surface area contributed by atoms with Crippen LogP contribution < -0.4 is 5.32 Å². The Morgan fingerprint density at radius 2 is 1.48 bits per heavy atom. The second kappa shape index (κ2) is 7.63. The van der Waals surface area contributed by atoms with Crippen LogP contribution in [0.5, 0.6) is 5.75 Å². The highest BCUT2D eigenvalue weighted by Gasteiger charge is 2.29. The highest BCUT2D eigenvalue weighted by molar-refractivity contribution is 5.79. The number of amides is 1. The number of phenols is 1. The first kappa shape index (κ1) is 19.1. The van der Waals surface area contributed by atoms with Crippen molar-refractivity contribution in [2.75, 3.05) is 13.2 Å². The topological polar surface area (TPSA) is 58.6 Å². The summed E-state index contributed by atoms with van der Waals surface area (Å²) in [7, 11) is 0. The minimum absolute atomic E-state index is 0.0539. The second-order valence-corrected chi connectivity index (χ2v) is 8.11. The van der Waals surface area contributed by atoms with Gasteiger partial charge in [-0.1, -0.05) is 74.5 Å². The van der Waals surface area contributed by atoms with Crippen molar-refractivity contribution in [1.29, 1.82) is 0 Å². The van der Waals surface area contributed by atoms with Gasteiger partial charge in [0.1, 0.15) is 12.4 Å². The molecule has 29 heavy (non-hydrogen) atoms. The Kier molecular flexibility index (Phi) is 5.01. The van der Waals surface area contributed by atoms with Crippen molar-refractivity contribution in [3.63, 3.8) is 0 Å². The summed E-state index contributed by atoms with van der Waals surface area (Å²) in [5.41, 5.74) is 5.58. The number of carbonyl (C=O) groups is 1. The van der Waals surface area contributed by atoms with Gasteiger partial charge in [0.2, 0.25) is 0 Å². The second-order valence-electron chi connectivity index (χ2n) is 8.11. The number of nitrogens with one attached hydrogen (secondary N) is 1. The number of rotatable bonds is 5. The first-order valence-corrected chi connectivity index (χ1v) is 9.84. The summed E-state index contributed by atoms with van der Waals surface area (Å²) < 4.78 is 5.60. The molecule has 0 bridgehead atoms. The molecule has 4 nitrogen and oxygen atoms in total. The first-order chi connectivity index (χ1) is 14.0. The molecule has 0 heterocycles. The molecule has 1 amide bonds. The van der Waals surface area contributed by atoms with Crippen LogP contribution in [0.2, 0.25) is 0 Å². The molecule has 0 saturated heterocycles. The number of carbonyl (C=O) groups excluding carboxylic acids is 1. The quantitative estimate of drug-likeness (QED) is 0.632. The van der Waals surface area contributed by atoms with E-state index in [0.717, 1.165) is 5.56 Å². The fourth-order valence-corrected chi connectivity index (χ4v) is 3.96. The molecular formula is C25H25NO3. The van der Waals surface area contributed by atoms with Gasteiger partial charge in [0.05, 0.1) is 0 Å². The molecule has 1 aliphatic rings. The molecular weight excluding hydrogens is 362 g/mol. The number of benzene rings is 3. The average molecular weight is 387 g/mol.